The molecule has 0 spiro atoms. The molecule has 0 aliphatic heterocycles. The summed E-state index contributed by atoms with van der Waals surface area (Å²) in [4.78, 5) is 27.5. The lowest BCUT2D eigenvalue weighted by atomic mass is 10.1. The Bertz CT molecular complexity index is 603. The van der Waals surface area contributed by atoms with E-state index < -0.39 is 11.9 Å². The van der Waals surface area contributed by atoms with Crippen LogP contribution in [0.3, 0.4) is 0 Å². The van der Waals surface area contributed by atoms with Gasteiger partial charge in [0.2, 0.25) is 0 Å². The van der Waals surface area contributed by atoms with Gasteiger partial charge in [0.25, 0.3) is 0 Å². The van der Waals surface area contributed by atoms with Crippen LogP contribution >= 0.6 is 0 Å². The van der Waals surface area contributed by atoms with Gasteiger partial charge >= 0.3 is 11.9 Å². The molecule has 0 radical (unpaired) electrons. The summed E-state index contributed by atoms with van der Waals surface area (Å²) in [7, 11) is 2.54. The summed E-state index contributed by atoms with van der Waals surface area (Å²) in [6, 6.07) is 12.2. The molecule has 0 saturated carbocycles. The summed E-state index contributed by atoms with van der Waals surface area (Å²) in [6.45, 7) is 0. The molecule has 5 heteroatoms. The van der Waals surface area contributed by atoms with Crippen LogP contribution in [0.5, 0.6) is 0 Å². The normalized spacial score (nSPS) is 9.90. The van der Waals surface area contributed by atoms with Crippen molar-refractivity contribution in [2.45, 2.75) is 0 Å². The van der Waals surface area contributed by atoms with E-state index in [4.69, 9.17) is 0 Å². The molecule has 0 unspecified atom stereocenters. The zero-order chi connectivity index (χ0) is 14.5. The highest BCUT2D eigenvalue weighted by atomic mass is 16.5. The first-order chi connectivity index (χ1) is 9.65. The van der Waals surface area contributed by atoms with Crippen molar-refractivity contribution < 1.29 is 19.1 Å². The number of aromatic nitrogens is 1. The Morgan fingerprint density at radius 2 is 1.60 bits per heavy atom. The summed E-state index contributed by atoms with van der Waals surface area (Å²) >= 11 is 0. The molecule has 0 saturated heterocycles. The molecule has 0 amide bonds. The summed E-state index contributed by atoms with van der Waals surface area (Å²) in [5.74, 6) is -1.14. The van der Waals surface area contributed by atoms with E-state index in [0.717, 1.165) is 5.56 Å². The zero-order valence-corrected chi connectivity index (χ0v) is 11.1. The van der Waals surface area contributed by atoms with Gasteiger partial charge < -0.3 is 9.47 Å². The molecule has 2 rings (SSSR count). The third-order valence-electron chi connectivity index (χ3n) is 2.71. The second-order valence-corrected chi connectivity index (χ2v) is 3.98. The zero-order valence-electron chi connectivity index (χ0n) is 11.1. The number of hydrogen-bond donors (Lipinski definition) is 0. The summed E-state index contributed by atoms with van der Waals surface area (Å²) in [5.41, 5.74) is 1.62. The average molecular weight is 271 g/mol. The van der Waals surface area contributed by atoms with Crippen molar-refractivity contribution in [2.75, 3.05) is 14.2 Å². The Kier molecular flexibility index (Phi) is 4.10. The van der Waals surface area contributed by atoms with Crippen LogP contribution in [0, 0.1) is 0 Å². The first kappa shape index (κ1) is 13.7. The van der Waals surface area contributed by atoms with Crippen molar-refractivity contribution in [1.29, 1.82) is 0 Å². The van der Waals surface area contributed by atoms with Gasteiger partial charge in [0.05, 0.1) is 25.5 Å². The first-order valence-electron chi connectivity index (χ1n) is 5.90. The molecule has 1 aromatic heterocycles. The standard InChI is InChI=1S/C15H13NO4/c1-19-14(17)11-8-12(10-6-4-3-5-7-10)16-13(9-11)15(18)20-2/h3-9H,1-2H3. The van der Waals surface area contributed by atoms with Gasteiger partial charge in [0.1, 0.15) is 5.69 Å². The van der Waals surface area contributed by atoms with E-state index in [2.05, 4.69) is 14.5 Å². The van der Waals surface area contributed by atoms with Gasteiger partial charge in [0, 0.05) is 5.56 Å². The molecule has 1 aromatic carbocycles. The number of hydrogen-bond acceptors (Lipinski definition) is 5. The Morgan fingerprint density at radius 3 is 2.20 bits per heavy atom. The van der Waals surface area contributed by atoms with Gasteiger partial charge in [-0.2, -0.15) is 0 Å². The molecular weight excluding hydrogens is 258 g/mol. The molecule has 20 heavy (non-hydrogen) atoms. The van der Waals surface area contributed by atoms with Crippen molar-refractivity contribution in [3.8, 4) is 11.3 Å². The van der Waals surface area contributed by atoms with E-state index in [1.807, 2.05) is 30.3 Å². The highest BCUT2D eigenvalue weighted by Crippen LogP contribution is 2.19. The van der Waals surface area contributed by atoms with Crippen LogP contribution in [-0.2, 0) is 9.47 Å². The number of ether oxygens (including phenoxy) is 2. The molecule has 1 heterocycles. The van der Waals surface area contributed by atoms with Crippen LogP contribution < -0.4 is 0 Å². The van der Waals surface area contributed by atoms with Crippen LogP contribution in [0.1, 0.15) is 20.8 Å². The fourth-order valence-electron chi connectivity index (χ4n) is 1.73. The largest absolute Gasteiger partial charge is 0.465 e. The summed E-state index contributed by atoms with van der Waals surface area (Å²) < 4.78 is 9.32. The first-order valence-corrected chi connectivity index (χ1v) is 5.90. The third kappa shape index (κ3) is 2.83. The SMILES string of the molecule is COC(=O)c1cc(C(=O)OC)nc(-c2ccccc2)c1. The van der Waals surface area contributed by atoms with Gasteiger partial charge in [0.15, 0.2) is 0 Å². The maximum atomic E-state index is 11.7. The van der Waals surface area contributed by atoms with Gasteiger partial charge in [-0.15, -0.1) is 0 Å². The van der Waals surface area contributed by atoms with Gasteiger partial charge in [-0.1, -0.05) is 30.3 Å². The predicted molar refractivity (Wildman–Crippen MR) is 72.4 cm³/mol. The second-order valence-electron chi connectivity index (χ2n) is 3.98. The van der Waals surface area contributed by atoms with E-state index in [1.165, 1.54) is 20.3 Å². The molecule has 102 valence electrons. The minimum Gasteiger partial charge on any atom is -0.465 e. The average Bonchev–Trinajstić information content (AvgIpc) is 2.53. The number of rotatable bonds is 3. The topological polar surface area (TPSA) is 65.5 Å². The molecule has 0 aliphatic rings. The van der Waals surface area contributed by atoms with E-state index in [-0.39, 0.29) is 11.3 Å². The van der Waals surface area contributed by atoms with Crippen LogP contribution in [0.2, 0.25) is 0 Å². The Morgan fingerprint density at radius 1 is 0.950 bits per heavy atom. The number of methoxy groups -OCH3 is 2. The summed E-state index contributed by atoms with van der Waals surface area (Å²) in [6.07, 6.45) is 0. The quantitative estimate of drug-likeness (QED) is 0.801. The number of esters is 2. The molecule has 0 atom stereocenters. The monoisotopic (exact) mass is 271 g/mol. The molecule has 0 fully saturated rings. The van der Waals surface area contributed by atoms with Gasteiger partial charge in [-0.05, 0) is 12.1 Å². The van der Waals surface area contributed by atoms with Crippen LogP contribution in [-0.4, -0.2) is 31.1 Å². The van der Waals surface area contributed by atoms with Crippen molar-refractivity contribution >= 4 is 11.9 Å². The lowest BCUT2D eigenvalue weighted by Crippen LogP contribution is -2.09. The van der Waals surface area contributed by atoms with Gasteiger partial charge in [-0.3, -0.25) is 0 Å². The van der Waals surface area contributed by atoms with E-state index >= 15 is 0 Å². The highest BCUT2D eigenvalue weighted by molar-refractivity contribution is 5.95. The highest BCUT2D eigenvalue weighted by Gasteiger charge is 2.15. The van der Waals surface area contributed by atoms with Gasteiger partial charge in [-0.25, -0.2) is 14.6 Å². The fourth-order valence-corrected chi connectivity index (χ4v) is 1.73. The maximum absolute atomic E-state index is 11.7. The molecule has 0 bridgehead atoms. The number of nitrogens with zero attached hydrogens (tertiary/aromatic N) is 1. The Balaban J connectivity index is 2.57. The Labute approximate surface area is 116 Å². The minimum absolute atomic E-state index is 0.0641. The third-order valence-corrected chi connectivity index (χ3v) is 2.71. The second kappa shape index (κ2) is 5.97. The van der Waals surface area contributed by atoms with Crippen LogP contribution in [0.25, 0.3) is 11.3 Å². The minimum atomic E-state index is -0.604. The van der Waals surface area contributed by atoms with Crippen molar-refractivity contribution in [3.05, 3.63) is 53.7 Å². The molecule has 5 nitrogen and oxygen atoms in total. The smallest absolute Gasteiger partial charge is 0.356 e. The number of carbonyl (C=O) groups is 2. The van der Waals surface area contributed by atoms with Crippen molar-refractivity contribution in [3.63, 3.8) is 0 Å². The predicted octanol–water partition coefficient (Wildman–Crippen LogP) is 2.32. The van der Waals surface area contributed by atoms with E-state index in [0.29, 0.717) is 5.69 Å². The van der Waals surface area contributed by atoms with Crippen molar-refractivity contribution in [2.24, 2.45) is 0 Å². The number of carbonyl (C=O) groups excluding carboxylic acids is 2. The lowest BCUT2D eigenvalue weighted by molar-refractivity contribution is 0.0593. The summed E-state index contributed by atoms with van der Waals surface area (Å²) in [5, 5.41) is 0. The van der Waals surface area contributed by atoms with E-state index in [1.54, 1.807) is 6.07 Å². The number of pyridine rings is 1. The van der Waals surface area contributed by atoms with E-state index in [9.17, 15) is 9.59 Å². The van der Waals surface area contributed by atoms with Crippen LogP contribution in [0.15, 0.2) is 42.5 Å². The Hall–Kier alpha value is -2.69. The maximum Gasteiger partial charge on any atom is 0.356 e. The fraction of sp³-hybridized carbons (Fsp3) is 0.133. The lowest BCUT2D eigenvalue weighted by Gasteiger charge is -2.07. The molecule has 0 N–H and O–H groups in total. The molecular formula is C15H13NO4. The molecule has 0 aliphatic carbocycles. The van der Waals surface area contributed by atoms with Crippen LogP contribution in [0.4, 0.5) is 0 Å². The van der Waals surface area contributed by atoms with Crippen molar-refractivity contribution in [1.82, 2.24) is 4.98 Å². The molecule has 2 aromatic rings. The number of benzene rings is 1.